The summed E-state index contributed by atoms with van der Waals surface area (Å²) in [5, 5.41) is 3.33. The van der Waals surface area contributed by atoms with E-state index in [1.807, 2.05) is 72.8 Å². The summed E-state index contributed by atoms with van der Waals surface area (Å²) in [5.41, 5.74) is 2.86. The molecule has 160 valence electrons. The topological polar surface area (TPSA) is 58.6 Å². The number of urea groups is 1. The minimum Gasteiger partial charge on any atom is -0.465 e. The third-order valence-corrected chi connectivity index (χ3v) is 5.01. The van der Waals surface area contributed by atoms with E-state index in [2.05, 4.69) is 5.32 Å². The lowest BCUT2D eigenvalue weighted by Crippen LogP contribution is -2.44. The van der Waals surface area contributed by atoms with Gasteiger partial charge in [-0.2, -0.15) is 0 Å². The van der Waals surface area contributed by atoms with Crippen LogP contribution in [0.3, 0.4) is 0 Å². The van der Waals surface area contributed by atoms with Crippen molar-refractivity contribution in [2.24, 2.45) is 0 Å². The van der Waals surface area contributed by atoms with Gasteiger partial charge in [-0.25, -0.2) is 4.79 Å². The standard InChI is InChI=1S/C25H25ClN2O3/c1-2-31-23(29)17-27-25(30)28(18-19-13-15-22(26)16-14-19)24(20-9-5-3-6-10-20)21-11-7-4-8-12-21/h3-16,24H,2,17-18H2,1H3,(H,27,30). The van der Waals surface area contributed by atoms with E-state index in [0.29, 0.717) is 11.6 Å². The highest BCUT2D eigenvalue weighted by Crippen LogP contribution is 2.30. The van der Waals surface area contributed by atoms with Crippen molar-refractivity contribution in [3.8, 4) is 0 Å². The number of hydrogen-bond donors (Lipinski definition) is 1. The minimum atomic E-state index is -0.474. The molecule has 0 aliphatic rings. The van der Waals surface area contributed by atoms with Crippen LogP contribution < -0.4 is 5.32 Å². The minimum absolute atomic E-state index is 0.194. The summed E-state index contributed by atoms with van der Waals surface area (Å²) < 4.78 is 4.95. The fraction of sp³-hybridized carbons (Fsp3) is 0.200. The van der Waals surface area contributed by atoms with Gasteiger partial charge >= 0.3 is 12.0 Å². The Labute approximate surface area is 187 Å². The van der Waals surface area contributed by atoms with Gasteiger partial charge in [0.2, 0.25) is 0 Å². The predicted molar refractivity (Wildman–Crippen MR) is 122 cm³/mol. The Morgan fingerprint density at radius 2 is 1.45 bits per heavy atom. The number of halogens is 1. The van der Waals surface area contributed by atoms with Gasteiger partial charge in [-0.3, -0.25) is 4.79 Å². The first-order valence-electron chi connectivity index (χ1n) is 10.1. The van der Waals surface area contributed by atoms with E-state index in [0.717, 1.165) is 16.7 Å². The van der Waals surface area contributed by atoms with Crippen LogP contribution >= 0.6 is 11.6 Å². The molecule has 6 heteroatoms. The Morgan fingerprint density at radius 1 is 0.903 bits per heavy atom. The molecule has 0 aliphatic carbocycles. The third-order valence-electron chi connectivity index (χ3n) is 4.76. The highest BCUT2D eigenvalue weighted by molar-refractivity contribution is 6.30. The van der Waals surface area contributed by atoms with Crippen LogP contribution in [0.5, 0.6) is 0 Å². The molecule has 0 saturated carbocycles. The lowest BCUT2D eigenvalue weighted by Gasteiger charge is -2.33. The van der Waals surface area contributed by atoms with Gasteiger partial charge in [0.25, 0.3) is 0 Å². The van der Waals surface area contributed by atoms with Crippen molar-refractivity contribution in [2.45, 2.75) is 19.5 Å². The number of nitrogens with zero attached hydrogens (tertiary/aromatic N) is 1. The Bertz CT molecular complexity index is 939. The number of amides is 2. The highest BCUT2D eigenvalue weighted by atomic mass is 35.5. The third kappa shape index (κ3) is 6.33. The maximum Gasteiger partial charge on any atom is 0.325 e. The molecule has 31 heavy (non-hydrogen) atoms. The second-order valence-electron chi connectivity index (χ2n) is 6.94. The van der Waals surface area contributed by atoms with Gasteiger partial charge in [0.05, 0.1) is 12.6 Å². The second kappa shape index (κ2) is 11.2. The van der Waals surface area contributed by atoms with Crippen LogP contribution in [0.1, 0.15) is 29.7 Å². The zero-order valence-electron chi connectivity index (χ0n) is 17.3. The first-order chi connectivity index (χ1) is 15.1. The van der Waals surface area contributed by atoms with Gasteiger partial charge in [-0.1, -0.05) is 84.4 Å². The SMILES string of the molecule is CCOC(=O)CNC(=O)N(Cc1ccc(Cl)cc1)C(c1ccccc1)c1ccccc1. The summed E-state index contributed by atoms with van der Waals surface area (Å²) in [7, 11) is 0. The first kappa shape index (κ1) is 22.4. The molecule has 0 unspecified atom stereocenters. The number of nitrogens with one attached hydrogen (secondary N) is 1. The molecule has 0 aliphatic heterocycles. The molecule has 3 aromatic carbocycles. The molecular weight excluding hydrogens is 412 g/mol. The molecule has 0 bridgehead atoms. The Morgan fingerprint density at radius 3 is 1.97 bits per heavy atom. The molecule has 0 spiro atoms. The zero-order valence-corrected chi connectivity index (χ0v) is 18.1. The predicted octanol–water partition coefficient (Wildman–Crippen LogP) is 5.20. The van der Waals surface area contributed by atoms with Crippen LogP contribution in [-0.2, 0) is 16.1 Å². The molecular formula is C25H25ClN2O3. The maximum atomic E-state index is 13.3. The van der Waals surface area contributed by atoms with Gasteiger partial charge in [-0.05, 0) is 35.7 Å². The summed E-state index contributed by atoms with van der Waals surface area (Å²) in [4.78, 5) is 26.8. The highest BCUT2D eigenvalue weighted by Gasteiger charge is 2.27. The van der Waals surface area contributed by atoms with Crippen molar-refractivity contribution < 1.29 is 14.3 Å². The van der Waals surface area contributed by atoms with Crippen molar-refractivity contribution in [1.82, 2.24) is 10.2 Å². The molecule has 5 nitrogen and oxygen atoms in total. The molecule has 0 radical (unpaired) electrons. The van der Waals surface area contributed by atoms with Crippen LogP contribution in [0.2, 0.25) is 5.02 Å². The van der Waals surface area contributed by atoms with Gasteiger partial charge < -0.3 is 15.0 Å². The normalized spacial score (nSPS) is 10.5. The van der Waals surface area contributed by atoms with Crippen molar-refractivity contribution in [3.05, 3.63) is 107 Å². The van der Waals surface area contributed by atoms with Crippen LogP contribution in [-0.4, -0.2) is 30.1 Å². The van der Waals surface area contributed by atoms with Gasteiger partial charge in [-0.15, -0.1) is 0 Å². The summed E-state index contributed by atoms with van der Waals surface area (Å²) in [6.45, 7) is 2.13. The number of carbonyl (C=O) groups excluding carboxylic acids is 2. The van der Waals surface area contributed by atoms with Crippen molar-refractivity contribution in [2.75, 3.05) is 13.2 Å². The number of carbonyl (C=O) groups is 2. The Hall–Kier alpha value is -3.31. The fourth-order valence-corrected chi connectivity index (χ4v) is 3.48. The average Bonchev–Trinajstić information content (AvgIpc) is 2.80. The Balaban J connectivity index is 1.97. The van der Waals surface area contributed by atoms with E-state index in [1.54, 1.807) is 24.0 Å². The zero-order chi connectivity index (χ0) is 22.1. The van der Waals surface area contributed by atoms with Gasteiger partial charge in [0, 0.05) is 11.6 Å². The lowest BCUT2D eigenvalue weighted by atomic mass is 9.96. The Kier molecular flexibility index (Phi) is 8.07. The van der Waals surface area contributed by atoms with Gasteiger partial charge in [0.1, 0.15) is 6.54 Å². The van der Waals surface area contributed by atoms with E-state index in [4.69, 9.17) is 16.3 Å². The molecule has 0 saturated heterocycles. The fourth-order valence-electron chi connectivity index (χ4n) is 3.35. The van der Waals surface area contributed by atoms with Crippen molar-refractivity contribution >= 4 is 23.6 Å². The molecule has 0 atom stereocenters. The van der Waals surface area contributed by atoms with Crippen molar-refractivity contribution in [3.63, 3.8) is 0 Å². The monoisotopic (exact) mass is 436 g/mol. The number of ether oxygens (including phenoxy) is 1. The molecule has 3 rings (SSSR count). The van der Waals surface area contributed by atoms with Crippen LogP contribution in [0, 0.1) is 0 Å². The van der Waals surface area contributed by atoms with Crippen LogP contribution in [0.4, 0.5) is 4.79 Å². The summed E-state index contributed by atoms with van der Waals surface area (Å²) in [6.07, 6.45) is 0. The molecule has 2 amide bonds. The molecule has 3 aromatic rings. The molecule has 0 fully saturated rings. The maximum absolute atomic E-state index is 13.3. The van der Waals surface area contributed by atoms with Gasteiger partial charge in [0.15, 0.2) is 0 Å². The number of rotatable bonds is 8. The number of benzene rings is 3. The lowest BCUT2D eigenvalue weighted by molar-refractivity contribution is -0.141. The second-order valence-corrected chi connectivity index (χ2v) is 7.38. The van der Waals surface area contributed by atoms with E-state index < -0.39 is 5.97 Å². The van der Waals surface area contributed by atoms with Crippen LogP contribution in [0.15, 0.2) is 84.9 Å². The summed E-state index contributed by atoms with van der Waals surface area (Å²) in [6, 6.07) is 26.3. The summed E-state index contributed by atoms with van der Waals surface area (Å²) >= 11 is 6.04. The molecule has 0 aromatic heterocycles. The first-order valence-corrected chi connectivity index (χ1v) is 10.5. The molecule has 0 heterocycles. The molecule has 1 N–H and O–H groups in total. The van der Waals surface area contributed by atoms with E-state index in [1.165, 1.54) is 0 Å². The number of hydrogen-bond acceptors (Lipinski definition) is 3. The van der Waals surface area contributed by atoms with E-state index >= 15 is 0 Å². The number of esters is 1. The summed E-state index contributed by atoms with van der Waals surface area (Å²) in [5.74, 6) is -0.474. The van der Waals surface area contributed by atoms with E-state index in [-0.39, 0.29) is 25.2 Å². The smallest absolute Gasteiger partial charge is 0.325 e. The van der Waals surface area contributed by atoms with Crippen molar-refractivity contribution in [1.29, 1.82) is 0 Å². The average molecular weight is 437 g/mol. The quantitative estimate of drug-likeness (QED) is 0.493. The van der Waals surface area contributed by atoms with E-state index in [9.17, 15) is 9.59 Å². The largest absolute Gasteiger partial charge is 0.465 e. The van der Waals surface area contributed by atoms with Crippen LogP contribution in [0.25, 0.3) is 0 Å².